The molecule has 0 N–H and O–H groups in total. The Kier molecular flexibility index (Phi) is 9.49. The number of aromatic nitrogens is 1. The molecule has 1 fully saturated rings. The molecule has 0 aliphatic carbocycles. The van der Waals surface area contributed by atoms with Gasteiger partial charge in [0.05, 0.1) is 30.7 Å². The summed E-state index contributed by atoms with van der Waals surface area (Å²) in [5, 5.41) is 2.17. The molecule has 0 radical (unpaired) electrons. The predicted molar refractivity (Wildman–Crippen MR) is 163 cm³/mol. The van der Waals surface area contributed by atoms with Gasteiger partial charge in [0.25, 0.3) is 10.0 Å². The monoisotopic (exact) mass is 637 g/mol. The molecule has 1 aromatic heterocycles. The van der Waals surface area contributed by atoms with Gasteiger partial charge in [0.15, 0.2) is 5.13 Å². The summed E-state index contributed by atoms with van der Waals surface area (Å²) in [7, 11) is -1.02. The molecule has 1 aliphatic heterocycles. The van der Waals surface area contributed by atoms with Gasteiger partial charge < -0.3 is 23.8 Å². The Hall–Kier alpha value is -3.22. The molecule has 0 unspecified atom stereocenters. The van der Waals surface area contributed by atoms with Crippen LogP contribution in [-0.4, -0.2) is 62.9 Å². The van der Waals surface area contributed by atoms with Gasteiger partial charge in [-0.1, -0.05) is 11.6 Å². The quantitative estimate of drug-likeness (QED) is 0.266. The molecule has 228 valence electrons. The maximum absolute atomic E-state index is 14.0. The topological polar surface area (TPSA) is 108 Å². The second-order valence-electron chi connectivity index (χ2n) is 11.1. The lowest BCUT2D eigenvalue weighted by atomic mass is 9.93. The van der Waals surface area contributed by atoms with Crippen LogP contribution in [0.5, 0.6) is 17.2 Å². The van der Waals surface area contributed by atoms with Gasteiger partial charge >= 0.3 is 6.09 Å². The van der Waals surface area contributed by atoms with Crippen molar-refractivity contribution in [3.8, 4) is 17.2 Å². The van der Waals surface area contributed by atoms with E-state index in [1.807, 2.05) is 27.7 Å². The molecule has 0 bridgehead atoms. The van der Waals surface area contributed by atoms with Crippen molar-refractivity contribution in [3.05, 3.63) is 58.6 Å². The molecule has 0 atom stereocenters. The fraction of sp³-hybridized carbons (Fsp3) is 0.448. The number of methoxy groups -OCH3 is 2. The van der Waals surface area contributed by atoms with E-state index in [9.17, 15) is 13.2 Å². The number of carbonyl (C=O) groups excluding carboxylic acids is 1. The van der Waals surface area contributed by atoms with Gasteiger partial charge in [-0.15, -0.1) is 11.3 Å². The van der Waals surface area contributed by atoms with Crippen LogP contribution in [0.25, 0.3) is 0 Å². The van der Waals surface area contributed by atoms with Gasteiger partial charge in [0.1, 0.15) is 28.5 Å². The third kappa shape index (κ3) is 7.40. The molecule has 4 rings (SSSR count). The number of likely N-dealkylation sites (tertiary alicyclic amines) is 1. The second-order valence-corrected chi connectivity index (χ2v) is 14.3. The normalized spacial score (nSPS) is 15.2. The van der Waals surface area contributed by atoms with E-state index in [0.29, 0.717) is 53.9 Å². The molecule has 1 saturated heterocycles. The third-order valence-corrected chi connectivity index (χ3v) is 9.70. The zero-order valence-electron chi connectivity index (χ0n) is 24.5. The number of anilines is 1. The molecule has 2 heterocycles. The van der Waals surface area contributed by atoms with E-state index in [1.54, 1.807) is 47.9 Å². The number of benzene rings is 2. The number of sulfonamides is 1. The van der Waals surface area contributed by atoms with Gasteiger partial charge in [-0.05, 0) is 58.0 Å². The number of hydrogen-bond acceptors (Lipinski definition) is 9. The van der Waals surface area contributed by atoms with E-state index >= 15 is 0 Å². The minimum atomic E-state index is -4.09. The van der Waals surface area contributed by atoms with Crippen molar-refractivity contribution in [3.63, 3.8) is 0 Å². The first-order valence-corrected chi connectivity index (χ1v) is 16.0. The van der Waals surface area contributed by atoms with Crippen LogP contribution in [0.4, 0.5) is 9.93 Å². The first-order chi connectivity index (χ1) is 19.7. The molecule has 0 saturated carbocycles. The maximum atomic E-state index is 14.0. The van der Waals surface area contributed by atoms with E-state index in [4.69, 9.17) is 30.5 Å². The average molecular weight is 638 g/mol. The minimum absolute atomic E-state index is 0.00701. The Morgan fingerprint density at radius 3 is 2.38 bits per heavy atom. The summed E-state index contributed by atoms with van der Waals surface area (Å²) in [6.07, 6.45) is 2.31. The Morgan fingerprint density at radius 2 is 1.81 bits per heavy atom. The molecule has 2 aromatic carbocycles. The van der Waals surface area contributed by atoms with Crippen molar-refractivity contribution < 1.29 is 32.2 Å². The summed E-state index contributed by atoms with van der Waals surface area (Å²) in [6, 6.07) is 9.62. The third-order valence-electron chi connectivity index (χ3n) is 6.76. The Morgan fingerprint density at radius 1 is 1.10 bits per heavy atom. The van der Waals surface area contributed by atoms with Gasteiger partial charge in [-0.3, -0.25) is 0 Å². The van der Waals surface area contributed by atoms with Gasteiger partial charge in [0.2, 0.25) is 0 Å². The average Bonchev–Trinajstić information content (AvgIpc) is 3.46. The summed E-state index contributed by atoms with van der Waals surface area (Å²) in [4.78, 5) is 18.4. The molecular formula is C29H36ClN3O7S2. The molecule has 3 aromatic rings. The lowest BCUT2D eigenvalue weighted by Crippen LogP contribution is -2.49. The number of piperidine rings is 1. The highest BCUT2D eigenvalue weighted by Crippen LogP contribution is 2.37. The minimum Gasteiger partial charge on any atom is -0.497 e. The number of rotatable bonds is 9. The Balaban J connectivity index is 1.53. The SMILES string of the molecule is COc1ccc(CN(c2nccs2)S(=O)(=O)c2ccc(OC3(C)CCN(C(=O)OC(C)(C)C)CC3)c(Cl)c2)c(OC)c1. The van der Waals surface area contributed by atoms with Crippen molar-refractivity contribution in [2.75, 3.05) is 31.6 Å². The summed E-state index contributed by atoms with van der Waals surface area (Å²) in [5.41, 5.74) is -0.533. The number of carbonyl (C=O) groups is 1. The van der Waals surface area contributed by atoms with Crippen LogP contribution in [0, 0.1) is 0 Å². The molecule has 1 aliphatic rings. The zero-order chi connectivity index (χ0) is 30.7. The fourth-order valence-corrected chi connectivity index (χ4v) is 7.02. The zero-order valence-corrected chi connectivity index (χ0v) is 26.9. The largest absolute Gasteiger partial charge is 0.497 e. The molecular weight excluding hydrogens is 602 g/mol. The number of thiazole rings is 1. The van der Waals surface area contributed by atoms with Crippen molar-refractivity contribution in [2.24, 2.45) is 0 Å². The first-order valence-electron chi connectivity index (χ1n) is 13.3. The summed E-state index contributed by atoms with van der Waals surface area (Å²) in [5.74, 6) is 1.44. The number of amides is 1. The first kappa shape index (κ1) is 31.7. The summed E-state index contributed by atoms with van der Waals surface area (Å²) >= 11 is 7.80. The number of halogens is 1. The van der Waals surface area contributed by atoms with Crippen molar-refractivity contribution >= 4 is 44.2 Å². The molecule has 42 heavy (non-hydrogen) atoms. The number of ether oxygens (including phenoxy) is 4. The Bertz CT molecular complexity index is 1500. The predicted octanol–water partition coefficient (Wildman–Crippen LogP) is 6.38. The van der Waals surface area contributed by atoms with Crippen molar-refractivity contribution in [1.29, 1.82) is 0 Å². The van der Waals surface area contributed by atoms with Crippen LogP contribution in [0.3, 0.4) is 0 Å². The standard InChI is InChI=1S/C29H36ClN3O7S2/c1-28(2,3)40-27(34)32-14-11-29(4,12-15-32)39-24-10-9-22(18-23(24)30)42(35,36)33(26-31-13-16-41-26)19-20-7-8-21(37-5)17-25(20)38-6/h7-10,13,16-18H,11-12,14-15,19H2,1-6H3. The van der Waals surface area contributed by atoms with E-state index in [2.05, 4.69) is 4.98 Å². The van der Waals surface area contributed by atoms with E-state index in [0.717, 1.165) is 0 Å². The van der Waals surface area contributed by atoms with Crippen LogP contribution < -0.4 is 18.5 Å². The maximum Gasteiger partial charge on any atom is 0.410 e. The smallest absolute Gasteiger partial charge is 0.410 e. The summed E-state index contributed by atoms with van der Waals surface area (Å²) < 4.78 is 51.7. The lowest BCUT2D eigenvalue weighted by Gasteiger charge is -2.40. The van der Waals surface area contributed by atoms with Gasteiger partial charge in [0, 0.05) is 49.1 Å². The highest BCUT2D eigenvalue weighted by atomic mass is 35.5. The molecule has 10 nitrogen and oxygen atoms in total. The fourth-order valence-electron chi connectivity index (χ4n) is 4.44. The van der Waals surface area contributed by atoms with Crippen LogP contribution >= 0.6 is 22.9 Å². The van der Waals surface area contributed by atoms with Crippen LogP contribution in [0.15, 0.2) is 52.9 Å². The molecule has 1 amide bonds. The second kappa shape index (κ2) is 12.6. The highest BCUT2D eigenvalue weighted by Gasteiger charge is 2.36. The van der Waals surface area contributed by atoms with Crippen molar-refractivity contribution in [2.45, 2.75) is 63.2 Å². The lowest BCUT2D eigenvalue weighted by molar-refractivity contribution is -0.00980. The van der Waals surface area contributed by atoms with Crippen LogP contribution in [0.1, 0.15) is 46.1 Å². The number of hydrogen-bond donors (Lipinski definition) is 0. The van der Waals surface area contributed by atoms with Gasteiger partial charge in [-0.25, -0.2) is 22.5 Å². The molecule has 0 spiro atoms. The van der Waals surface area contributed by atoms with Gasteiger partial charge in [-0.2, -0.15) is 0 Å². The Labute approximate surface area is 256 Å². The van der Waals surface area contributed by atoms with Crippen LogP contribution in [0.2, 0.25) is 5.02 Å². The summed E-state index contributed by atoms with van der Waals surface area (Å²) in [6.45, 7) is 8.36. The highest BCUT2D eigenvalue weighted by molar-refractivity contribution is 7.93. The van der Waals surface area contributed by atoms with E-state index in [-0.39, 0.29) is 22.6 Å². The van der Waals surface area contributed by atoms with E-state index in [1.165, 1.54) is 34.9 Å². The van der Waals surface area contributed by atoms with Crippen molar-refractivity contribution in [1.82, 2.24) is 9.88 Å². The molecule has 13 heteroatoms. The number of nitrogens with zero attached hydrogens (tertiary/aromatic N) is 3. The van der Waals surface area contributed by atoms with E-state index < -0.39 is 21.2 Å². The van der Waals surface area contributed by atoms with Crippen LogP contribution in [-0.2, 0) is 21.3 Å².